The van der Waals surface area contributed by atoms with Gasteiger partial charge in [-0.25, -0.2) is 5.43 Å². The molecule has 0 aliphatic carbocycles. The molecule has 0 saturated carbocycles. The molecule has 9 nitrogen and oxygen atoms in total. The Bertz CT molecular complexity index is 1110. The zero-order chi connectivity index (χ0) is 22.2. The number of aromatic nitrogens is 2. The first kappa shape index (κ1) is 22.0. The molecular weight excluding hydrogens is 466 g/mol. The molecule has 160 valence electrons. The van der Waals surface area contributed by atoms with Crippen LogP contribution >= 0.6 is 15.9 Å². The SMILES string of the molecule is COc1ccc(C=NNC(=O)c2ccn(Cc3cccc(Br)c3)n2)cc1OCC(N)=O. The first-order chi connectivity index (χ1) is 14.9. The zero-order valence-electron chi connectivity index (χ0n) is 16.6. The van der Waals surface area contributed by atoms with Crippen LogP contribution in [0.5, 0.6) is 11.5 Å². The van der Waals surface area contributed by atoms with Gasteiger partial charge in [0.05, 0.1) is 19.9 Å². The van der Waals surface area contributed by atoms with Crippen LogP contribution in [0.4, 0.5) is 0 Å². The van der Waals surface area contributed by atoms with Gasteiger partial charge in [0.25, 0.3) is 11.8 Å². The number of nitrogens with two attached hydrogens (primary N) is 1. The summed E-state index contributed by atoms with van der Waals surface area (Å²) in [6.07, 6.45) is 3.16. The molecule has 0 atom stereocenters. The van der Waals surface area contributed by atoms with E-state index in [0.717, 1.165) is 10.0 Å². The quantitative estimate of drug-likeness (QED) is 0.355. The smallest absolute Gasteiger partial charge is 0.291 e. The van der Waals surface area contributed by atoms with E-state index in [4.69, 9.17) is 15.2 Å². The van der Waals surface area contributed by atoms with Crippen molar-refractivity contribution in [1.82, 2.24) is 15.2 Å². The minimum atomic E-state index is -0.604. The van der Waals surface area contributed by atoms with E-state index in [1.54, 1.807) is 35.1 Å². The van der Waals surface area contributed by atoms with Crippen LogP contribution in [0.1, 0.15) is 21.6 Å². The monoisotopic (exact) mass is 485 g/mol. The van der Waals surface area contributed by atoms with Crippen molar-refractivity contribution in [1.29, 1.82) is 0 Å². The van der Waals surface area contributed by atoms with Gasteiger partial charge in [-0.2, -0.15) is 10.2 Å². The van der Waals surface area contributed by atoms with E-state index < -0.39 is 11.8 Å². The number of hydrazone groups is 1. The van der Waals surface area contributed by atoms with Crippen LogP contribution in [-0.4, -0.2) is 41.5 Å². The Balaban J connectivity index is 1.61. The molecule has 0 fully saturated rings. The van der Waals surface area contributed by atoms with Gasteiger partial charge in [0.15, 0.2) is 23.8 Å². The lowest BCUT2D eigenvalue weighted by Gasteiger charge is -2.09. The summed E-state index contributed by atoms with van der Waals surface area (Å²) in [5.74, 6) is -0.267. The number of benzene rings is 2. The molecule has 0 aliphatic rings. The number of hydrogen-bond donors (Lipinski definition) is 2. The lowest BCUT2D eigenvalue weighted by molar-refractivity contribution is -0.119. The Morgan fingerprint density at radius 3 is 2.81 bits per heavy atom. The van der Waals surface area contributed by atoms with Gasteiger partial charge in [-0.05, 0) is 47.5 Å². The van der Waals surface area contributed by atoms with Gasteiger partial charge < -0.3 is 15.2 Å². The summed E-state index contributed by atoms with van der Waals surface area (Å²) in [5, 5.41) is 8.22. The first-order valence-electron chi connectivity index (χ1n) is 9.15. The maximum Gasteiger partial charge on any atom is 0.291 e. The normalized spacial score (nSPS) is 10.8. The zero-order valence-corrected chi connectivity index (χ0v) is 18.2. The number of ether oxygens (including phenoxy) is 2. The molecule has 0 spiro atoms. The molecule has 1 heterocycles. The molecule has 0 bridgehead atoms. The second-order valence-corrected chi connectivity index (χ2v) is 7.31. The van der Waals surface area contributed by atoms with E-state index in [-0.39, 0.29) is 12.3 Å². The van der Waals surface area contributed by atoms with Crippen molar-refractivity contribution in [2.45, 2.75) is 6.54 Å². The number of amides is 2. The predicted octanol–water partition coefficient (Wildman–Crippen LogP) is 2.33. The number of primary amides is 1. The van der Waals surface area contributed by atoms with Gasteiger partial charge in [0.2, 0.25) is 0 Å². The number of nitrogens with zero attached hydrogens (tertiary/aromatic N) is 3. The molecule has 31 heavy (non-hydrogen) atoms. The summed E-state index contributed by atoms with van der Waals surface area (Å²) in [6, 6.07) is 14.5. The van der Waals surface area contributed by atoms with Crippen LogP contribution in [0.2, 0.25) is 0 Å². The highest BCUT2D eigenvalue weighted by atomic mass is 79.9. The number of carbonyl (C=O) groups excluding carboxylic acids is 2. The van der Waals surface area contributed by atoms with Gasteiger partial charge >= 0.3 is 0 Å². The summed E-state index contributed by atoms with van der Waals surface area (Å²) in [6.45, 7) is 0.256. The van der Waals surface area contributed by atoms with Gasteiger partial charge in [0, 0.05) is 10.7 Å². The number of rotatable bonds is 9. The Morgan fingerprint density at radius 1 is 1.23 bits per heavy atom. The third-order valence-electron chi connectivity index (χ3n) is 4.04. The Morgan fingerprint density at radius 2 is 2.06 bits per heavy atom. The third-order valence-corrected chi connectivity index (χ3v) is 4.54. The van der Waals surface area contributed by atoms with E-state index in [1.807, 2.05) is 24.3 Å². The van der Waals surface area contributed by atoms with Crippen LogP contribution in [0, 0.1) is 0 Å². The molecule has 1 aromatic heterocycles. The molecule has 3 rings (SSSR count). The topological polar surface area (TPSA) is 121 Å². The minimum absolute atomic E-state index is 0.243. The molecule has 3 aromatic rings. The molecule has 0 aliphatic heterocycles. The van der Waals surface area contributed by atoms with Gasteiger partial charge in [-0.3, -0.25) is 14.3 Å². The van der Waals surface area contributed by atoms with Crippen molar-refractivity contribution in [2.24, 2.45) is 10.8 Å². The van der Waals surface area contributed by atoms with Crippen LogP contribution in [-0.2, 0) is 11.3 Å². The first-order valence-corrected chi connectivity index (χ1v) is 9.94. The molecule has 0 unspecified atom stereocenters. The van der Waals surface area contributed by atoms with E-state index in [9.17, 15) is 9.59 Å². The lowest BCUT2D eigenvalue weighted by atomic mass is 10.2. The maximum atomic E-state index is 12.3. The average molecular weight is 486 g/mol. The molecule has 3 N–H and O–H groups in total. The molecular formula is C21H20BrN5O4. The average Bonchev–Trinajstić information content (AvgIpc) is 3.21. The van der Waals surface area contributed by atoms with Crippen molar-refractivity contribution < 1.29 is 19.1 Å². The van der Waals surface area contributed by atoms with Gasteiger partial charge in [-0.15, -0.1) is 0 Å². The van der Waals surface area contributed by atoms with Crippen molar-refractivity contribution in [3.8, 4) is 11.5 Å². The second kappa shape index (κ2) is 10.4. The fourth-order valence-corrected chi connectivity index (χ4v) is 3.10. The largest absolute Gasteiger partial charge is 0.493 e. The molecule has 2 amide bonds. The summed E-state index contributed by atoms with van der Waals surface area (Å²) in [4.78, 5) is 23.2. The number of nitrogens with one attached hydrogen (secondary N) is 1. The number of halogens is 1. The molecule has 0 radical (unpaired) electrons. The third kappa shape index (κ3) is 6.41. The lowest BCUT2D eigenvalue weighted by Crippen LogP contribution is -2.20. The highest BCUT2D eigenvalue weighted by Gasteiger charge is 2.10. The molecule has 2 aromatic carbocycles. The van der Waals surface area contributed by atoms with E-state index in [2.05, 4.69) is 31.6 Å². The van der Waals surface area contributed by atoms with Crippen LogP contribution in [0.3, 0.4) is 0 Å². The highest BCUT2D eigenvalue weighted by molar-refractivity contribution is 9.10. The fraction of sp³-hybridized carbons (Fsp3) is 0.143. The fourth-order valence-electron chi connectivity index (χ4n) is 2.65. The Labute approximate surface area is 187 Å². The summed E-state index contributed by atoms with van der Waals surface area (Å²) in [7, 11) is 1.48. The summed E-state index contributed by atoms with van der Waals surface area (Å²) >= 11 is 3.43. The standard InChI is InChI=1S/C21H20BrN5O4/c1-30-18-6-5-14(10-19(18)31-13-20(23)28)11-24-25-21(29)17-7-8-27(26-17)12-15-3-2-4-16(22)9-15/h2-11H,12-13H2,1H3,(H2,23,28)(H,25,29). The van der Waals surface area contributed by atoms with Crippen molar-refractivity contribution >= 4 is 34.0 Å². The van der Waals surface area contributed by atoms with Crippen LogP contribution < -0.4 is 20.6 Å². The molecule has 10 heteroatoms. The maximum absolute atomic E-state index is 12.3. The number of hydrogen-bond acceptors (Lipinski definition) is 6. The second-order valence-electron chi connectivity index (χ2n) is 6.39. The predicted molar refractivity (Wildman–Crippen MR) is 118 cm³/mol. The van der Waals surface area contributed by atoms with Crippen LogP contribution in [0.25, 0.3) is 0 Å². The highest BCUT2D eigenvalue weighted by Crippen LogP contribution is 2.27. The van der Waals surface area contributed by atoms with Crippen molar-refractivity contribution in [3.05, 3.63) is 76.0 Å². The van der Waals surface area contributed by atoms with E-state index in [1.165, 1.54) is 13.3 Å². The van der Waals surface area contributed by atoms with E-state index >= 15 is 0 Å². The van der Waals surface area contributed by atoms with Crippen LogP contribution in [0.15, 0.2) is 64.3 Å². The van der Waals surface area contributed by atoms with Crippen molar-refractivity contribution in [2.75, 3.05) is 13.7 Å². The number of carbonyl (C=O) groups is 2. The van der Waals surface area contributed by atoms with Gasteiger partial charge in [-0.1, -0.05) is 28.1 Å². The number of methoxy groups -OCH3 is 1. The Hall–Kier alpha value is -3.66. The summed E-state index contributed by atoms with van der Waals surface area (Å²) < 4.78 is 13.2. The van der Waals surface area contributed by atoms with E-state index in [0.29, 0.717) is 23.6 Å². The van der Waals surface area contributed by atoms with Crippen molar-refractivity contribution in [3.63, 3.8) is 0 Å². The molecule has 0 saturated heterocycles. The Kier molecular flexibility index (Phi) is 7.39. The summed E-state index contributed by atoms with van der Waals surface area (Å²) in [5.41, 5.74) is 9.46. The van der Waals surface area contributed by atoms with Gasteiger partial charge in [0.1, 0.15) is 0 Å². The minimum Gasteiger partial charge on any atom is -0.493 e.